The lowest BCUT2D eigenvalue weighted by Crippen LogP contribution is -2.19. The SMILES string of the molecule is COC(=O)c1ccc(N(c2ccc(-c3ccc(Br)cc3)s2)S(=O)O)c(OC)c1. The van der Waals surface area contributed by atoms with Crippen LogP contribution in [0.5, 0.6) is 5.75 Å². The molecule has 1 aromatic heterocycles. The summed E-state index contributed by atoms with van der Waals surface area (Å²) < 4.78 is 34.3. The van der Waals surface area contributed by atoms with Gasteiger partial charge in [0.2, 0.25) is 0 Å². The Kier molecular flexibility index (Phi) is 6.50. The zero-order valence-corrected chi connectivity index (χ0v) is 18.1. The number of carbonyl (C=O) groups excluding carboxylic acids is 1. The molecule has 0 saturated carbocycles. The third-order valence-corrected chi connectivity index (χ3v) is 6.37. The molecule has 0 radical (unpaired) electrons. The topological polar surface area (TPSA) is 76.1 Å². The minimum absolute atomic E-state index is 0.281. The largest absolute Gasteiger partial charge is 0.495 e. The maximum Gasteiger partial charge on any atom is 0.337 e. The van der Waals surface area contributed by atoms with Gasteiger partial charge in [0.15, 0.2) is 0 Å². The molecule has 3 aromatic rings. The quantitative estimate of drug-likeness (QED) is 0.384. The second-order valence-electron chi connectivity index (χ2n) is 5.55. The van der Waals surface area contributed by atoms with E-state index in [1.54, 1.807) is 12.1 Å². The number of nitrogens with zero attached hydrogens (tertiary/aromatic N) is 1. The van der Waals surface area contributed by atoms with Gasteiger partial charge >= 0.3 is 5.97 Å². The first-order chi connectivity index (χ1) is 13.4. The van der Waals surface area contributed by atoms with E-state index in [9.17, 15) is 13.6 Å². The van der Waals surface area contributed by atoms with Crippen molar-refractivity contribution in [3.05, 3.63) is 64.6 Å². The summed E-state index contributed by atoms with van der Waals surface area (Å²) in [5.41, 5.74) is 1.64. The molecule has 146 valence electrons. The van der Waals surface area contributed by atoms with Gasteiger partial charge in [-0.15, -0.1) is 11.3 Å². The van der Waals surface area contributed by atoms with Crippen molar-refractivity contribution in [1.29, 1.82) is 0 Å². The normalized spacial score (nSPS) is 11.7. The highest BCUT2D eigenvalue weighted by atomic mass is 79.9. The number of carbonyl (C=O) groups is 1. The van der Waals surface area contributed by atoms with Gasteiger partial charge in [-0.2, -0.15) is 0 Å². The molecule has 0 saturated heterocycles. The number of anilines is 2. The Morgan fingerprint density at radius 2 is 1.82 bits per heavy atom. The monoisotopic (exact) mass is 481 g/mol. The van der Waals surface area contributed by atoms with Crippen LogP contribution >= 0.6 is 27.3 Å². The first-order valence-corrected chi connectivity index (χ1v) is 10.6. The van der Waals surface area contributed by atoms with Crippen LogP contribution in [0.2, 0.25) is 0 Å². The number of hydrogen-bond acceptors (Lipinski definition) is 5. The molecule has 0 aliphatic carbocycles. The van der Waals surface area contributed by atoms with Crippen LogP contribution in [0.15, 0.2) is 59.1 Å². The molecule has 6 nitrogen and oxygen atoms in total. The molecule has 1 atom stereocenters. The summed E-state index contributed by atoms with van der Waals surface area (Å²) in [7, 11) is 2.72. The van der Waals surface area contributed by atoms with E-state index in [1.807, 2.05) is 30.3 Å². The molecule has 28 heavy (non-hydrogen) atoms. The lowest BCUT2D eigenvalue weighted by molar-refractivity contribution is 0.0600. The van der Waals surface area contributed by atoms with Gasteiger partial charge in [0.25, 0.3) is 11.3 Å². The number of benzene rings is 2. The summed E-state index contributed by atoms with van der Waals surface area (Å²) in [6.45, 7) is 0. The third kappa shape index (κ3) is 4.27. The number of ether oxygens (including phenoxy) is 2. The number of halogens is 1. The van der Waals surface area contributed by atoms with Crippen molar-refractivity contribution >= 4 is 55.2 Å². The molecule has 1 unspecified atom stereocenters. The molecule has 1 N–H and O–H groups in total. The van der Waals surface area contributed by atoms with Crippen LogP contribution in [0.3, 0.4) is 0 Å². The Morgan fingerprint density at radius 1 is 1.11 bits per heavy atom. The van der Waals surface area contributed by atoms with Gasteiger partial charge < -0.3 is 9.47 Å². The molecule has 9 heteroatoms. The fourth-order valence-corrected chi connectivity index (χ4v) is 4.61. The molecule has 0 aliphatic heterocycles. The number of hydrogen-bond donors (Lipinski definition) is 1. The maximum absolute atomic E-state index is 12.1. The van der Waals surface area contributed by atoms with Gasteiger partial charge in [0.05, 0.1) is 25.5 Å². The Labute approximate surface area is 177 Å². The average molecular weight is 482 g/mol. The van der Waals surface area contributed by atoms with Crippen LogP contribution in [-0.4, -0.2) is 29.0 Å². The molecule has 0 bridgehead atoms. The van der Waals surface area contributed by atoms with E-state index in [0.29, 0.717) is 10.7 Å². The van der Waals surface area contributed by atoms with Gasteiger partial charge in [0.1, 0.15) is 10.8 Å². The minimum Gasteiger partial charge on any atom is -0.495 e. The fourth-order valence-electron chi connectivity index (χ4n) is 2.58. The van der Waals surface area contributed by atoms with Crippen molar-refractivity contribution in [1.82, 2.24) is 0 Å². The van der Waals surface area contributed by atoms with Crippen molar-refractivity contribution < 1.29 is 23.0 Å². The standard InChI is InChI=1S/C19H16BrNO5S2/c1-25-16-11-13(19(22)26-2)5-8-15(16)21(28(23)24)18-10-9-17(27-18)12-3-6-14(20)7-4-12/h3-11H,1-2H3,(H,23,24). The Balaban J connectivity index is 2.02. The van der Waals surface area contributed by atoms with Crippen molar-refractivity contribution in [2.24, 2.45) is 0 Å². The van der Waals surface area contributed by atoms with Gasteiger partial charge in [0, 0.05) is 9.35 Å². The summed E-state index contributed by atoms with van der Waals surface area (Å²) in [5.74, 6) is -0.237. The van der Waals surface area contributed by atoms with E-state index < -0.39 is 17.2 Å². The van der Waals surface area contributed by atoms with Crippen LogP contribution in [0.25, 0.3) is 10.4 Å². The summed E-state index contributed by atoms with van der Waals surface area (Å²) in [6, 6.07) is 16.0. The second-order valence-corrected chi connectivity index (χ2v) is 8.35. The minimum atomic E-state index is -2.34. The average Bonchev–Trinajstić information content (AvgIpc) is 3.17. The van der Waals surface area contributed by atoms with Gasteiger partial charge in [-0.25, -0.2) is 13.3 Å². The van der Waals surface area contributed by atoms with Gasteiger partial charge in [-0.1, -0.05) is 28.1 Å². The molecular formula is C19H16BrNO5S2. The van der Waals surface area contributed by atoms with Crippen LogP contribution in [-0.2, 0) is 16.0 Å². The third-order valence-electron chi connectivity index (χ3n) is 3.90. The molecule has 0 fully saturated rings. The van der Waals surface area contributed by atoms with E-state index in [0.717, 1.165) is 14.9 Å². The van der Waals surface area contributed by atoms with Crippen LogP contribution in [0.4, 0.5) is 10.7 Å². The predicted molar refractivity (Wildman–Crippen MR) is 115 cm³/mol. The first-order valence-electron chi connectivity index (χ1n) is 7.98. The molecule has 3 rings (SSSR count). The molecule has 1 heterocycles. The lowest BCUT2D eigenvalue weighted by atomic mass is 10.2. The van der Waals surface area contributed by atoms with E-state index in [4.69, 9.17) is 9.47 Å². The van der Waals surface area contributed by atoms with Crippen LogP contribution in [0.1, 0.15) is 10.4 Å². The number of methoxy groups -OCH3 is 2. The van der Waals surface area contributed by atoms with E-state index in [2.05, 4.69) is 15.9 Å². The highest BCUT2D eigenvalue weighted by molar-refractivity contribution is 9.10. The molecule has 0 spiro atoms. The van der Waals surface area contributed by atoms with E-state index in [1.165, 1.54) is 42.0 Å². The summed E-state index contributed by atoms with van der Waals surface area (Å²) in [4.78, 5) is 12.7. The second kappa shape index (κ2) is 8.87. The van der Waals surface area contributed by atoms with E-state index in [-0.39, 0.29) is 11.3 Å². The zero-order chi connectivity index (χ0) is 20.3. The molecule has 2 aromatic carbocycles. The van der Waals surface area contributed by atoms with Crippen molar-refractivity contribution in [3.8, 4) is 16.2 Å². The highest BCUT2D eigenvalue weighted by Gasteiger charge is 2.23. The predicted octanol–water partition coefficient (Wildman–Crippen LogP) is 5.25. The number of esters is 1. The number of rotatable bonds is 6. The Bertz CT molecular complexity index is 1020. The van der Waals surface area contributed by atoms with Crippen LogP contribution < -0.4 is 9.04 Å². The molecular weight excluding hydrogens is 466 g/mol. The Hall–Kier alpha value is -2.20. The van der Waals surface area contributed by atoms with Gasteiger partial charge in [-0.05, 0) is 48.0 Å². The van der Waals surface area contributed by atoms with Crippen molar-refractivity contribution in [3.63, 3.8) is 0 Å². The summed E-state index contributed by atoms with van der Waals surface area (Å²) in [6.07, 6.45) is 0. The fraction of sp³-hybridized carbons (Fsp3) is 0.105. The van der Waals surface area contributed by atoms with Crippen molar-refractivity contribution in [2.75, 3.05) is 18.5 Å². The number of thiophene rings is 1. The van der Waals surface area contributed by atoms with Gasteiger partial charge in [-0.3, -0.25) is 4.55 Å². The Morgan fingerprint density at radius 3 is 2.43 bits per heavy atom. The first kappa shape index (κ1) is 20.5. The highest BCUT2D eigenvalue weighted by Crippen LogP contribution is 2.41. The summed E-state index contributed by atoms with van der Waals surface area (Å²) >= 11 is 2.43. The van der Waals surface area contributed by atoms with E-state index >= 15 is 0 Å². The van der Waals surface area contributed by atoms with Crippen molar-refractivity contribution in [2.45, 2.75) is 0 Å². The zero-order valence-electron chi connectivity index (χ0n) is 14.9. The maximum atomic E-state index is 12.1. The molecule has 0 amide bonds. The van der Waals surface area contributed by atoms with Crippen LogP contribution in [0, 0.1) is 0 Å². The lowest BCUT2D eigenvalue weighted by Gasteiger charge is -2.21. The summed E-state index contributed by atoms with van der Waals surface area (Å²) in [5, 5.41) is 0.558. The smallest absolute Gasteiger partial charge is 0.337 e. The molecule has 0 aliphatic rings.